The minimum atomic E-state index is -0.280. The van der Waals surface area contributed by atoms with Crippen molar-refractivity contribution in [3.63, 3.8) is 0 Å². The van der Waals surface area contributed by atoms with Crippen molar-refractivity contribution in [2.75, 3.05) is 26.6 Å². The second-order valence-electron chi connectivity index (χ2n) is 4.97. The van der Waals surface area contributed by atoms with Crippen LogP contribution in [0.25, 0.3) is 0 Å². The Hall–Kier alpha value is -2.34. The molecule has 0 aliphatic rings. The number of anilines is 1. The molecule has 0 heterocycles. The quantitative estimate of drug-likeness (QED) is 0.844. The van der Waals surface area contributed by atoms with Crippen molar-refractivity contribution in [2.24, 2.45) is 0 Å². The number of hydrogen-bond donors (Lipinski definition) is 1. The van der Waals surface area contributed by atoms with E-state index in [2.05, 4.69) is 5.32 Å². The Kier molecular flexibility index (Phi) is 5.76. The van der Waals surface area contributed by atoms with Crippen LogP contribution in [0.5, 0.6) is 11.5 Å². The zero-order valence-electron chi connectivity index (χ0n) is 13.3. The van der Waals surface area contributed by atoms with Gasteiger partial charge in [-0.25, -0.2) is 4.39 Å². The first-order chi connectivity index (χ1) is 11.0. The SMILES string of the molecule is COc1ccc(CN(C)C(=S)Nc2ccc(F)cc2)c(OC)c1. The molecule has 2 aromatic carbocycles. The third-order valence-electron chi connectivity index (χ3n) is 3.34. The average molecular weight is 334 g/mol. The molecule has 2 rings (SSSR count). The lowest BCUT2D eigenvalue weighted by Crippen LogP contribution is -2.30. The Morgan fingerprint density at radius 3 is 2.43 bits per heavy atom. The highest BCUT2D eigenvalue weighted by molar-refractivity contribution is 7.80. The molecule has 0 unspecified atom stereocenters. The first kappa shape index (κ1) is 17.0. The van der Waals surface area contributed by atoms with Gasteiger partial charge in [-0.15, -0.1) is 0 Å². The number of nitrogens with one attached hydrogen (secondary N) is 1. The average Bonchev–Trinajstić information content (AvgIpc) is 2.57. The second kappa shape index (κ2) is 7.78. The summed E-state index contributed by atoms with van der Waals surface area (Å²) in [5, 5.41) is 3.61. The summed E-state index contributed by atoms with van der Waals surface area (Å²) >= 11 is 5.37. The Bertz CT molecular complexity index is 677. The molecular weight excluding hydrogens is 315 g/mol. The van der Waals surface area contributed by atoms with Gasteiger partial charge in [0.25, 0.3) is 0 Å². The maximum Gasteiger partial charge on any atom is 0.173 e. The third kappa shape index (κ3) is 4.56. The first-order valence-electron chi connectivity index (χ1n) is 7.02. The molecule has 2 aromatic rings. The highest BCUT2D eigenvalue weighted by Crippen LogP contribution is 2.25. The van der Waals surface area contributed by atoms with Crippen molar-refractivity contribution in [1.29, 1.82) is 0 Å². The van der Waals surface area contributed by atoms with E-state index >= 15 is 0 Å². The van der Waals surface area contributed by atoms with Crippen molar-refractivity contribution in [1.82, 2.24) is 4.90 Å². The van der Waals surface area contributed by atoms with Crippen LogP contribution in [-0.2, 0) is 6.54 Å². The first-order valence-corrected chi connectivity index (χ1v) is 7.43. The molecule has 23 heavy (non-hydrogen) atoms. The molecule has 4 nitrogen and oxygen atoms in total. The van der Waals surface area contributed by atoms with Crippen molar-refractivity contribution in [2.45, 2.75) is 6.54 Å². The number of halogens is 1. The van der Waals surface area contributed by atoms with Gasteiger partial charge in [-0.05, 0) is 48.6 Å². The zero-order chi connectivity index (χ0) is 16.8. The van der Waals surface area contributed by atoms with Crippen molar-refractivity contribution < 1.29 is 13.9 Å². The van der Waals surface area contributed by atoms with Crippen LogP contribution in [0.2, 0.25) is 0 Å². The lowest BCUT2D eigenvalue weighted by atomic mass is 10.2. The fraction of sp³-hybridized carbons (Fsp3) is 0.235. The van der Waals surface area contributed by atoms with Crippen LogP contribution in [0.1, 0.15) is 5.56 Å². The van der Waals surface area contributed by atoms with Crippen molar-refractivity contribution in [3.05, 3.63) is 53.8 Å². The molecule has 0 bridgehead atoms. The van der Waals surface area contributed by atoms with Gasteiger partial charge in [0.15, 0.2) is 5.11 Å². The molecule has 0 aromatic heterocycles. The number of methoxy groups -OCH3 is 2. The minimum Gasteiger partial charge on any atom is -0.497 e. The van der Waals surface area contributed by atoms with Gasteiger partial charge in [0.1, 0.15) is 17.3 Å². The summed E-state index contributed by atoms with van der Waals surface area (Å²) in [5.74, 6) is 1.19. The number of hydrogen-bond acceptors (Lipinski definition) is 3. The van der Waals surface area contributed by atoms with Gasteiger partial charge in [0, 0.05) is 30.9 Å². The topological polar surface area (TPSA) is 33.7 Å². The molecule has 6 heteroatoms. The lowest BCUT2D eigenvalue weighted by molar-refractivity contribution is 0.384. The van der Waals surface area contributed by atoms with Gasteiger partial charge < -0.3 is 19.7 Å². The van der Waals surface area contributed by atoms with Gasteiger partial charge in [-0.2, -0.15) is 0 Å². The van der Waals surface area contributed by atoms with E-state index in [9.17, 15) is 4.39 Å². The smallest absolute Gasteiger partial charge is 0.173 e. The third-order valence-corrected chi connectivity index (χ3v) is 3.76. The van der Waals surface area contributed by atoms with Crippen LogP contribution in [0.3, 0.4) is 0 Å². The summed E-state index contributed by atoms with van der Waals surface area (Å²) in [5.41, 5.74) is 1.73. The number of nitrogens with zero attached hydrogens (tertiary/aromatic N) is 1. The van der Waals surface area contributed by atoms with Crippen molar-refractivity contribution in [3.8, 4) is 11.5 Å². The Labute approximate surface area is 140 Å². The summed E-state index contributed by atoms with van der Waals surface area (Å²) in [6, 6.07) is 11.7. The number of ether oxygens (including phenoxy) is 2. The molecule has 0 atom stereocenters. The van der Waals surface area contributed by atoms with Crippen molar-refractivity contribution >= 4 is 23.0 Å². The second-order valence-corrected chi connectivity index (χ2v) is 5.36. The van der Waals surface area contributed by atoms with E-state index in [0.29, 0.717) is 11.7 Å². The Morgan fingerprint density at radius 1 is 1.13 bits per heavy atom. The zero-order valence-corrected chi connectivity index (χ0v) is 14.1. The van der Waals surface area contributed by atoms with Crippen LogP contribution in [0.4, 0.5) is 10.1 Å². The molecule has 0 aliphatic carbocycles. The Balaban J connectivity index is 2.04. The summed E-state index contributed by atoms with van der Waals surface area (Å²) < 4.78 is 23.5. The molecule has 0 aliphatic heterocycles. The number of benzene rings is 2. The van der Waals surface area contributed by atoms with E-state index in [1.165, 1.54) is 12.1 Å². The fourth-order valence-corrected chi connectivity index (χ4v) is 2.24. The largest absolute Gasteiger partial charge is 0.497 e. The van der Waals surface area contributed by atoms with Gasteiger partial charge in [0.05, 0.1) is 14.2 Å². The van der Waals surface area contributed by atoms with Gasteiger partial charge >= 0.3 is 0 Å². The van der Waals surface area contributed by atoms with Gasteiger partial charge in [-0.3, -0.25) is 0 Å². The predicted molar refractivity (Wildman–Crippen MR) is 93.6 cm³/mol. The number of rotatable bonds is 5. The summed E-state index contributed by atoms with van der Waals surface area (Å²) in [4.78, 5) is 1.88. The fourth-order valence-electron chi connectivity index (χ4n) is 2.06. The van der Waals surface area contributed by atoms with E-state index < -0.39 is 0 Å². The van der Waals surface area contributed by atoms with Gasteiger partial charge in [-0.1, -0.05) is 0 Å². The maximum atomic E-state index is 12.9. The van der Waals surface area contributed by atoms with Gasteiger partial charge in [0.2, 0.25) is 0 Å². The van der Waals surface area contributed by atoms with E-state index in [1.807, 2.05) is 30.1 Å². The van der Waals surface area contributed by atoms with Crippen LogP contribution in [0, 0.1) is 5.82 Å². The van der Waals surface area contributed by atoms with E-state index in [1.54, 1.807) is 26.4 Å². The number of thiocarbonyl (C=S) groups is 1. The summed E-state index contributed by atoms with van der Waals surface area (Å²) in [6.45, 7) is 0.570. The molecule has 1 N–H and O–H groups in total. The molecule has 0 fully saturated rings. The van der Waals surface area contributed by atoms with Crippen LogP contribution in [-0.4, -0.2) is 31.3 Å². The maximum absolute atomic E-state index is 12.9. The van der Waals surface area contributed by atoms with E-state index in [0.717, 1.165) is 22.7 Å². The molecule has 0 radical (unpaired) electrons. The van der Waals surface area contributed by atoms with Crippen LogP contribution >= 0.6 is 12.2 Å². The molecule has 122 valence electrons. The van der Waals surface area contributed by atoms with E-state index in [-0.39, 0.29) is 5.82 Å². The predicted octanol–water partition coefficient (Wildman–Crippen LogP) is 3.67. The monoisotopic (exact) mass is 334 g/mol. The minimum absolute atomic E-state index is 0.280. The van der Waals surface area contributed by atoms with Crippen LogP contribution in [0.15, 0.2) is 42.5 Å². The highest BCUT2D eigenvalue weighted by Gasteiger charge is 2.10. The normalized spacial score (nSPS) is 10.1. The standard InChI is InChI=1S/C17H19FN2O2S/c1-20(17(23)19-14-7-5-13(18)6-8-14)11-12-4-9-15(21-2)10-16(12)22-3/h4-10H,11H2,1-3H3,(H,19,23). The molecule has 0 spiro atoms. The lowest BCUT2D eigenvalue weighted by Gasteiger charge is -2.22. The Morgan fingerprint density at radius 2 is 1.83 bits per heavy atom. The summed E-state index contributed by atoms with van der Waals surface area (Å²) in [7, 11) is 5.11. The molecular formula is C17H19FN2O2S. The summed E-state index contributed by atoms with van der Waals surface area (Å²) in [6.07, 6.45) is 0. The van der Waals surface area contributed by atoms with E-state index in [4.69, 9.17) is 21.7 Å². The molecule has 0 saturated carbocycles. The molecule has 0 saturated heterocycles. The molecule has 0 amide bonds. The van der Waals surface area contributed by atoms with Crippen LogP contribution < -0.4 is 14.8 Å². The highest BCUT2D eigenvalue weighted by atomic mass is 32.1.